The van der Waals surface area contributed by atoms with Gasteiger partial charge < -0.3 is 0 Å². The Kier molecular flexibility index (Phi) is 3.92. The highest BCUT2D eigenvalue weighted by Gasteiger charge is 2.08. The summed E-state index contributed by atoms with van der Waals surface area (Å²) in [6.45, 7) is 3.95. The summed E-state index contributed by atoms with van der Waals surface area (Å²) < 4.78 is 12.8. The number of rotatable bonds is 3. The van der Waals surface area contributed by atoms with E-state index in [0.717, 1.165) is 23.2 Å². The molecule has 0 aliphatic heterocycles. The average Bonchev–Trinajstić information content (AvgIpc) is 2.36. The first-order chi connectivity index (χ1) is 8.60. The van der Waals surface area contributed by atoms with Gasteiger partial charge in [0.25, 0.3) is 0 Å². The van der Waals surface area contributed by atoms with E-state index in [0.29, 0.717) is 17.4 Å². The molecule has 0 saturated carbocycles. The molecule has 0 amide bonds. The Hall–Kier alpha value is -1.48. The van der Waals surface area contributed by atoms with Crippen LogP contribution in [-0.2, 0) is 12.8 Å². The minimum atomic E-state index is -0.240. The Labute approximate surface area is 111 Å². The van der Waals surface area contributed by atoms with E-state index in [2.05, 4.69) is 9.97 Å². The van der Waals surface area contributed by atoms with Crippen LogP contribution in [0.15, 0.2) is 24.3 Å². The van der Waals surface area contributed by atoms with Gasteiger partial charge in [-0.15, -0.1) is 0 Å². The quantitative estimate of drug-likeness (QED) is 0.790. The third kappa shape index (κ3) is 2.85. The molecule has 0 radical (unpaired) electrons. The standard InChI is InChI=1S/C14H14ClFN2/c1-3-12-9(2)14(15)18-13(17-12)8-10-4-6-11(16)7-5-10/h4-7H,3,8H2,1-2H3. The fourth-order valence-electron chi connectivity index (χ4n) is 1.79. The monoisotopic (exact) mass is 264 g/mol. The molecule has 1 aromatic heterocycles. The summed E-state index contributed by atoms with van der Waals surface area (Å²) in [5.41, 5.74) is 2.87. The highest BCUT2D eigenvalue weighted by molar-refractivity contribution is 6.30. The van der Waals surface area contributed by atoms with Crippen LogP contribution in [0.25, 0.3) is 0 Å². The second-order valence-corrected chi connectivity index (χ2v) is 4.52. The zero-order valence-electron chi connectivity index (χ0n) is 10.4. The lowest BCUT2D eigenvalue weighted by Crippen LogP contribution is -2.03. The fourth-order valence-corrected chi connectivity index (χ4v) is 2.00. The Morgan fingerprint density at radius 3 is 2.44 bits per heavy atom. The molecule has 18 heavy (non-hydrogen) atoms. The third-order valence-electron chi connectivity index (χ3n) is 2.84. The van der Waals surface area contributed by atoms with Crippen LogP contribution in [0.1, 0.15) is 29.6 Å². The summed E-state index contributed by atoms with van der Waals surface area (Å²) >= 11 is 6.08. The summed E-state index contributed by atoms with van der Waals surface area (Å²) in [7, 11) is 0. The molecule has 4 heteroatoms. The second-order valence-electron chi connectivity index (χ2n) is 4.16. The predicted octanol–water partition coefficient (Wildman–Crippen LogP) is 3.73. The molecule has 0 N–H and O–H groups in total. The van der Waals surface area contributed by atoms with Gasteiger partial charge in [-0.3, -0.25) is 0 Å². The van der Waals surface area contributed by atoms with Crippen molar-refractivity contribution in [1.29, 1.82) is 0 Å². The summed E-state index contributed by atoms with van der Waals surface area (Å²) in [5.74, 6) is 0.435. The van der Waals surface area contributed by atoms with Gasteiger partial charge >= 0.3 is 0 Å². The average molecular weight is 265 g/mol. The first-order valence-corrected chi connectivity index (χ1v) is 6.24. The van der Waals surface area contributed by atoms with Crippen molar-refractivity contribution >= 4 is 11.6 Å². The largest absolute Gasteiger partial charge is 0.237 e. The molecule has 0 bridgehead atoms. The lowest BCUT2D eigenvalue weighted by molar-refractivity contribution is 0.627. The van der Waals surface area contributed by atoms with Crippen LogP contribution < -0.4 is 0 Å². The van der Waals surface area contributed by atoms with Crippen molar-refractivity contribution in [2.24, 2.45) is 0 Å². The minimum Gasteiger partial charge on any atom is -0.237 e. The molecular weight excluding hydrogens is 251 g/mol. The minimum absolute atomic E-state index is 0.240. The molecule has 2 rings (SSSR count). The Morgan fingerprint density at radius 2 is 1.83 bits per heavy atom. The van der Waals surface area contributed by atoms with Crippen molar-refractivity contribution in [2.75, 3.05) is 0 Å². The van der Waals surface area contributed by atoms with Crippen molar-refractivity contribution in [1.82, 2.24) is 9.97 Å². The highest BCUT2D eigenvalue weighted by Crippen LogP contribution is 2.17. The lowest BCUT2D eigenvalue weighted by atomic mass is 10.1. The summed E-state index contributed by atoms with van der Waals surface area (Å²) in [6, 6.07) is 6.34. The zero-order valence-corrected chi connectivity index (χ0v) is 11.1. The molecule has 0 unspecified atom stereocenters. The molecule has 2 nitrogen and oxygen atoms in total. The number of hydrogen-bond donors (Lipinski definition) is 0. The second kappa shape index (κ2) is 5.44. The topological polar surface area (TPSA) is 25.8 Å². The number of aromatic nitrogens is 2. The van der Waals surface area contributed by atoms with Gasteiger partial charge in [-0.25, -0.2) is 14.4 Å². The number of benzene rings is 1. The van der Waals surface area contributed by atoms with E-state index in [1.165, 1.54) is 12.1 Å². The summed E-state index contributed by atoms with van der Waals surface area (Å²) in [6.07, 6.45) is 1.39. The van der Waals surface area contributed by atoms with Crippen molar-refractivity contribution < 1.29 is 4.39 Å². The van der Waals surface area contributed by atoms with Gasteiger partial charge in [-0.1, -0.05) is 30.7 Å². The fraction of sp³-hybridized carbons (Fsp3) is 0.286. The molecule has 0 aliphatic carbocycles. The van der Waals surface area contributed by atoms with Gasteiger partial charge in [-0.05, 0) is 31.0 Å². The molecule has 2 aromatic rings. The van der Waals surface area contributed by atoms with Crippen molar-refractivity contribution in [2.45, 2.75) is 26.7 Å². The maximum Gasteiger partial charge on any atom is 0.135 e. The van der Waals surface area contributed by atoms with E-state index in [4.69, 9.17) is 11.6 Å². The number of halogens is 2. The summed E-state index contributed by atoms with van der Waals surface area (Å²) in [4.78, 5) is 8.74. The van der Waals surface area contributed by atoms with Gasteiger partial charge in [0.2, 0.25) is 0 Å². The predicted molar refractivity (Wildman–Crippen MR) is 70.4 cm³/mol. The molecule has 0 spiro atoms. The zero-order chi connectivity index (χ0) is 13.1. The van der Waals surface area contributed by atoms with Gasteiger partial charge in [0.15, 0.2) is 0 Å². The number of aryl methyl sites for hydroxylation is 1. The van der Waals surface area contributed by atoms with Crippen LogP contribution in [0.3, 0.4) is 0 Å². The van der Waals surface area contributed by atoms with Crippen LogP contribution in [0.2, 0.25) is 5.15 Å². The maximum atomic E-state index is 12.8. The van der Waals surface area contributed by atoms with Crippen LogP contribution >= 0.6 is 11.6 Å². The lowest BCUT2D eigenvalue weighted by Gasteiger charge is -2.07. The molecule has 94 valence electrons. The van der Waals surface area contributed by atoms with Crippen molar-refractivity contribution in [3.8, 4) is 0 Å². The molecule has 1 aromatic carbocycles. The number of hydrogen-bond acceptors (Lipinski definition) is 2. The van der Waals surface area contributed by atoms with E-state index in [9.17, 15) is 4.39 Å². The molecule has 0 atom stereocenters. The van der Waals surface area contributed by atoms with E-state index in [1.807, 2.05) is 13.8 Å². The molecule has 0 aliphatic rings. The van der Waals surface area contributed by atoms with E-state index in [1.54, 1.807) is 12.1 Å². The van der Waals surface area contributed by atoms with E-state index < -0.39 is 0 Å². The van der Waals surface area contributed by atoms with Crippen LogP contribution in [0, 0.1) is 12.7 Å². The molecular formula is C14H14ClFN2. The van der Waals surface area contributed by atoms with Crippen molar-refractivity contribution in [3.63, 3.8) is 0 Å². The van der Waals surface area contributed by atoms with Gasteiger partial charge in [-0.2, -0.15) is 0 Å². The molecule has 0 fully saturated rings. The number of nitrogens with zero attached hydrogens (tertiary/aromatic N) is 2. The first kappa shape index (κ1) is 13.0. The highest BCUT2D eigenvalue weighted by atomic mass is 35.5. The molecule has 0 saturated heterocycles. The van der Waals surface area contributed by atoms with Gasteiger partial charge in [0, 0.05) is 17.7 Å². The normalized spacial score (nSPS) is 10.7. The van der Waals surface area contributed by atoms with Crippen LogP contribution in [-0.4, -0.2) is 9.97 Å². The Morgan fingerprint density at radius 1 is 1.17 bits per heavy atom. The maximum absolute atomic E-state index is 12.8. The summed E-state index contributed by atoms with van der Waals surface area (Å²) in [5, 5.41) is 0.499. The Balaban J connectivity index is 2.29. The van der Waals surface area contributed by atoms with Crippen LogP contribution in [0.4, 0.5) is 4.39 Å². The smallest absolute Gasteiger partial charge is 0.135 e. The van der Waals surface area contributed by atoms with E-state index >= 15 is 0 Å². The van der Waals surface area contributed by atoms with Gasteiger partial charge in [0.1, 0.15) is 16.8 Å². The van der Waals surface area contributed by atoms with Crippen LogP contribution in [0.5, 0.6) is 0 Å². The van der Waals surface area contributed by atoms with Crippen molar-refractivity contribution in [3.05, 3.63) is 57.9 Å². The third-order valence-corrected chi connectivity index (χ3v) is 3.21. The molecule has 1 heterocycles. The Bertz CT molecular complexity index is 552. The first-order valence-electron chi connectivity index (χ1n) is 5.86. The van der Waals surface area contributed by atoms with E-state index in [-0.39, 0.29) is 5.82 Å². The SMILES string of the molecule is CCc1nc(Cc2ccc(F)cc2)nc(Cl)c1C. The van der Waals surface area contributed by atoms with Gasteiger partial charge in [0.05, 0.1) is 0 Å².